The van der Waals surface area contributed by atoms with E-state index in [0.717, 1.165) is 74.0 Å². The number of ether oxygens (including phenoxy) is 1. The monoisotopic (exact) mass is 513 g/mol. The normalized spacial score (nSPS) is 17.9. The standard InChI is InChI=1S/C28H35NO6S/c1-17-25(35-16-22(30)31)27(28(33)34)36-26(17)20-13-8-14-21(15-20)29-23(18-9-4-2-5-10-18)24(32)19-11-6-3-7-12-19/h8,13-15,18-19,23,29H,2-7,9-12,16H2,1H3,(H,30,31)(H,33,34). The predicted octanol–water partition coefficient (Wildman–Crippen LogP) is 6.40. The van der Waals surface area contributed by atoms with Gasteiger partial charge in [-0.3, -0.25) is 4.79 Å². The summed E-state index contributed by atoms with van der Waals surface area (Å²) in [5.41, 5.74) is 2.24. The van der Waals surface area contributed by atoms with Gasteiger partial charge in [0, 0.05) is 22.0 Å². The van der Waals surface area contributed by atoms with Crippen LogP contribution in [0.4, 0.5) is 5.69 Å². The molecule has 0 spiro atoms. The average molecular weight is 514 g/mol. The number of hydrogen-bond donors (Lipinski definition) is 3. The largest absolute Gasteiger partial charge is 0.480 e. The molecule has 4 rings (SSSR count). The molecule has 2 aliphatic rings. The fourth-order valence-electron chi connectivity index (χ4n) is 5.68. The lowest BCUT2D eigenvalue weighted by Crippen LogP contribution is -2.42. The Balaban J connectivity index is 1.61. The molecular weight excluding hydrogens is 478 g/mol. The highest BCUT2D eigenvalue weighted by atomic mass is 32.1. The first-order valence-electron chi connectivity index (χ1n) is 13.0. The molecule has 2 aromatic rings. The van der Waals surface area contributed by atoms with E-state index in [4.69, 9.17) is 9.84 Å². The van der Waals surface area contributed by atoms with E-state index in [-0.39, 0.29) is 22.6 Å². The Morgan fingerprint density at radius 2 is 1.69 bits per heavy atom. The van der Waals surface area contributed by atoms with Crippen LogP contribution in [0.15, 0.2) is 24.3 Å². The van der Waals surface area contributed by atoms with Crippen molar-refractivity contribution in [2.24, 2.45) is 11.8 Å². The van der Waals surface area contributed by atoms with Gasteiger partial charge in [0.2, 0.25) is 0 Å². The summed E-state index contributed by atoms with van der Waals surface area (Å²) in [5.74, 6) is -1.42. The van der Waals surface area contributed by atoms with Gasteiger partial charge in [0.1, 0.15) is 5.75 Å². The number of hydrogen-bond acceptors (Lipinski definition) is 6. The Kier molecular flexibility index (Phi) is 8.67. The van der Waals surface area contributed by atoms with E-state index >= 15 is 0 Å². The lowest BCUT2D eigenvalue weighted by atomic mass is 9.76. The summed E-state index contributed by atoms with van der Waals surface area (Å²) >= 11 is 1.07. The van der Waals surface area contributed by atoms with Crippen LogP contribution in [-0.4, -0.2) is 40.6 Å². The van der Waals surface area contributed by atoms with Crippen molar-refractivity contribution < 1.29 is 29.3 Å². The molecule has 1 heterocycles. The molecule has 0 radical (unpaired) electrons. The number of carbonyl (C=O) groups is 3. The van der Waals surface area contributed by atoms with Crippen LogP contribution in [0.3, 0.4) is 0 Å². The van der Waals surface area contributed by atoms with Crippen molar-refractivity contribution in [1.29, 1.82) is 0 Å². The van der Waals surface area contributed by atoms with E-state index in [1.165, 1.54) is 12.8 Å². The minimum atomic E-state index is -1.17. The van der Waals surface area contributed by atoms with E-state index in [1.54, 1.807) is 6.92 Å². The van der Waals surface area contributed by atoms with Crippen LogP contribution in [-0.2, 0) is 9.59 Å². The molecule has 8 heteroatoms. The van der Waals surface area contributed by atoms with Crippen LogP contribution in [0, 0.1) is 18.8 Å². The minimum Gasteiger partial charge on any atom is -0.480 e. The number of ketones is 1. The molecule has 194 valence electrons. The fourth-order valence-corrected chi connectivity index (χ4v) is 6.77. The van der Waals surface area contributed by atoms with Gasteiger partial charge in [-0.25, -0.2) is 9.59 Å². The molecule has 0 aliphatic heterocycles. The van der Waals surface area contributed by atoms with Crippen LogP contribution >= 0.6 is 11.3 Å². The third kappa shape index (κ3) is 6.09. The van der Waals surface area contributed by atoms with E-state index in [0.29, 0.717) is 22.1 Å². The van der Waals surface area contributed by atoms with E-state index in [2.05, 4.69) is 5.32 Å². The van der Waals surface area contributed by atoms with E-state index in [1.807, 2.05) is 24.3 Å². The number of aromatic carboxylic acids is 1. The Morgan fingerprint density at radius 1 is 1.03 bits per heavy atom. The van der Waals surface area contributed by atoms with Crippen molar-refractivity contribution in [3.63, 3.8) is 0 Å². The first-order chi connectivity index (χ1) is 17.3. The number of Topliss-reactive ketones (excluding diaryl/α,β-unsaturated/α-hetero) is 1. The first-order valence-corrected chi connectivity index (χ1v) is 13.8. The zero-order valence-electron chi connectivity index (χ0n) is 20.8. The number of rotatable bonds is 10. The lowest BCUT2D eigenvalue weighted by Gasteiger charge is -2.34. The van der Waals surface area contributed by atoms with Gasteiger partial charge in [-0.15, -0.1) is 11.3 Å². The number of anilines is 1. The number of thiophene rings is 1. The third-order valence-electron chi connectivity index (χ3n) is 7.51. The van der Waals surface area contributed by atoms with Crippen LogP contribution in [0.25, 0.3) is 10.4 Å². The minimum absolute atomic E-state index is 0.0188. The fraction of sp³-hybridized carbons (Fsp3) is 0.536. The summed E-state index contributed by atoms with van der Waals surface area (Å²) in [5, 5.41) is 22.2. The van der Waals surface area contributed by atoms with Gasteiger partial charge in [0.25, 0.3) is 0 Å². The molecule has 1 unspecified atom stereocenters. The lowest BCUT2D eigenvalue weighted by molar-refractivity contribution is -0.139. The Bertz CT molecular complexity index is 1100. The molecular formula is C28H35NO6S. The number of benzene rings is 1. The highest BCUT2D eigenvalue weighted by Gasteiger charge is 2.34. The van der Waals surface area contributed by atoms with Crippen molar-refractivity contribution in [3.05, 3.63) is 34.7 Å². The smallest absolute Gasteiger partial charge is 0.349 e. The molecule has 0 amide bonds. The number of carboxylic acids is 2. The van der Waals surface area contributed by atoms with Gasteiger partial charge in [-0.2, -0.15) is 0 Å². The molecule has 36 heavy (non-hydrogen) atoms. The maximum Gasteiger partial charge on any atom is 0.349 e. The van der Waals surface area contributed by atoms with Crippen LogP contribution in [0.5, 0.6) is 5.75 Å². The molecule has 2 saturated carbocycles. The van der Waals surface area contributed by atoms with Crippen LogP contribution < -0.4 is 10.1 Å². The first kappa shape index (κ1) is 26.2. The van der Waals surface area contributed by atoms with E-state index < -0.39 is 18.5 Å². The van der Waals surface area contributed by atoms with Gasteiger partial charge in [0.05, 0.1) is 6.04 Å². The Labute approximate surface area is 215 Å². The Hall–Kier alpha value is -2.87. The van der Waals surface area contributed by atoms with Crippen molar-refractivity contribution in [1.82, 2.24) is 0 Å². The number of nitrogens with one attached hydrogen (secondary N) is 1. The van der Waals surface area contributed by atoms with Crippen molar-refractivity contribution in [2.75, 3.05) is 11.9 Å². The van der Waals surface area contributed by atoms with Crippen molar-refractivity contribution in [2.45, 2.75) is 77.2 Å². The SMILES string of the molecule is Cc1c(-c2cccc(NC(C(=O)C3CCCCC3)C3CCCCC3)c2)sc(C(=O)O)c1OCC(=O)O. The topological polar surface area (TPSA) is 113 Å². The van der Waals surface area contributed by atoms with Crippen molar-refractivity contribution in [3.8, 4) is 16.2 Å². The molecule has 2 fully saturated rings. The molecule has 2 aliphatic carbocycles. The zero-order chi connectivity index (χ0) is 25.7. The highest BCUT2D eigenvalue weighted by molar-refractivity contribution is 7.18. The quantitative estimate of drug-likeness (QED) is 0.337. The number of carbonyl (C=O) groups excluding carboxylic acids is 1. The molecule has 1 aromatic carbocycles. The second-order valence-electron chi connectivity index (χ2n) is 10.0. The van der Waals surface area contributed by atoms with Gasteiger partial charge < -0.3 is 20.3 Å². The second-order valence-corrected chi connectivity index (χ2v) is 11.1. The average Bonchev–Trinajstić information content (AvgIpc) is 3.23. The number of carboxylic acid groups (broad SMARTS) is 2. The number of aliphatic carboxylic acids is 1. The van der Waals surface area contributed by atoms with E-state index in [9.17, 15) is 19.5 Å². The highest BCUT2D eigenvalue weighted by Crippen LogP contribution is 2.42. The van der Waals surface area contributed by atoms with Gasteiger partial charge in [-0.05, 0) is 56.2 Å². The predicted molar refractivity (Wildman–Crippen MR) is 140 cm³/mol. The summed E-state index contributed by atoms with van der Waals surface area (Å²) in [6, 6.07) is 7.50. The maximum atomic E-state index is 13.7. The molecule has 7 nitrogen and oxygen atoms in total. The van der Waals surface area contributed by atoms with Crippen LogP contribution in [0.1, 0.15) is 79.4 Å². The van der Waals surface area contributed by atoms with Crippen LogP contribution in [0.2, 0.25) is 0 Å². The summed E-state index contributed by atoms with van der Waals surface area (Å²) in [4.78, 5) is 37.2. The van der Waals surface area contributed by atoms with Gasteiger partial charge >= 0.3 is 11.9 Å². The molecule has 0 bridgehead atoms. The van der Waals surface area contributed by atoms with Gasteiger partial charge in [0.15, 0.2) is 17.3 Å². The summed E-state index contributed by atoms with van der Waals surface area (Å²) in [6.07, 6.45) is 11.1. The Morgan fingerprint density at radius 3 is 2.33 bits per heavy atom. The maximum absolute atomic E-state index is 13.7. The molecule has 1 atom stereocenters. The van der Waals surface area contributed by atoms with Crippen molar-refractivity contribution >= 4 is 34.7 Å². The molecule has 1 aromatic heterocycles. The summed E-state index contributed by atoms with van der Waals surface area (Å²) in [7, 11) is 0. The zero-order valence-corrected chi connectivity index (χ0v) is 21.6. The molecule has 3 N–H and O–H groups in total. The second kappa shape index (κ2) is 11.9. The summed E-state index contributed by atoms with van der Waals surface area (Å²) < 4.78 is 5.34. The summed E-state index contributed by atoms with van der Waals surface area (Å²) in [6.45, 7) is 1.14. The third-order valence-corrected chi connectivity index (χ3v) is 8.82. The van der Waals surface area contributed by atoms with Gasteiger partial charge in [-0.1, -0.05) is 50.7 Å². The molecule has 0 saturated heterocycles.